The van der Waals surface area contributed by atoms with Gasteiger partial charge in [0.05, 0.1) is 15.5 Å². The van der Waals surface area contributed by atoms with Gasteiger partial charge in [-0.3, -0.25) is 4.79 Å². The molecule has 1 amide bonds. The first-order valence-corrected chi connectivity index (χ1v) is 11.1. The van der Waals surface area contributed by atoms with Gasteiger partial charge in [-0.25, -0.2) is 0 Å². The van der Waals surface area contributed by atoms with Gasteiger partial charge in [-0.1, -0.05) is 43.0 Å². The number of anilines is 1. The lowest BCUT2D eigenvalue weighted by molar-refractivity contribution is -0.114. The molecule has 3 aromatic carbocycles. The van der Waals surface area contributed by atoms with Crippen LogP contribution in [0.25, 0.3) is 0 Å². The van der Waals surface area contributed by atoms with Crippen LogP contribution in [0.15, 0.2) is 85.1 Å². The highest BCUT2D eigenvalue weighted by molar-refractivity contribution is 8.04. The Balaban J connectivity index is 1.98. The number of rotatable bonds is 3. The first kappa shape index (κ1) is 18.2. The molecule has 0 atom stereocenters. The van der Waals surface area contributed by atoms with Crippen LogP contribution in [-0.2, 0) is 22.1 Å². The predicted molar refractivity (Wildman–Crippen MR) is 114 cm³/mol. The molecule has 0 saturated heterocycles. The Hall–Kier alpha value is -2.17. The van der Waals surface area contributed by atoms with Gasteiger partial charge in [0.25, 0.3) is 0 Å². The van der Waals surface area contributed by atoms with Crippen LogP contribution in [-0.4, -0.2) is 5.91 Å². The molecule has 0 saturated carbocycles. The fourth-order valence-corrected chi connectivity index (χ4v) is 7.36. The summed E-state index contributed by atoms with van der Waals surface area (Å²) in [5.74, 6) is -0.0290. The molecule has 0 bridgehead atoms. The van der Waals surface area contributed by atoms with Gasteiger partial charge in [0.1, 0.15) is 10.9 Å². The summed E-state index contributed by atoms with van der Waals surface area (Å²) in [5.41, 5.74) is 3.49. The summed E-state index contributed by atoms with van der Waals surface area (Å²) >= 11 is 1.83. The average Bonchev–Trinajstić information content (AvgIpc) is 2.67. The van der Waals surface area contributed by atoms with Crippen LogP contribution in [0, 0.1) is 6.92 Å². The number of nitrogens with one attached hydrogen (secondary N) is 1. The molecule has 4 rings (SSSR count). The third-order valence-electron chi connectivity index (χ3n) is 4.71. The molecule has 0 spiro atoms. The third kappa shape index (κ3) is 3.40. The van der Waals surface area contributed by atoms with E-state index in [4.69, 9.17) is 0 Å². The molecule has 136 valence electrons. The number of carbonyl (C=O) groups excluding carboxylic acids is 1. The number of carbonyl (C=O) groups is 1. The van der Waals surface area contributed by atoms with Crippen molar-refractivity contribution in [1.82, 2.24) is 0 Å². The normalized spacial score (nSPS) is 13.0. The van der Waals surface area contributed by atoms with Gasteiger partial charge in [-0.2, -0.15) is 0 Å². The quantitative estimate of drug-likeness (QED) is 0.428. The lowest BCUT2D eigenvalue weighted by Crippen LogP contribution is -2.16. The molecule has 1 heterocycles. The third-order valence-corrected chi connectivity index (χ3v) is 8.49. The van der Waals surface area contributed by atoms with E-state index >= 15 is 0 Å². The molecule has 1 N–H and O–H groups in total. The molecular weight excluding hydrogens is 370 g/mol. The Morgan fingerprint density at radius 2 is 1.56 bits per heavy atom. The molecule has 3 aromatic rings. The fraction of sp³-hybridized carbons (Fsp3) is 0.174. The minimum Gasteiger partial charge on any atom is -0.322 e. The smallest absolute Gasteiger partial charge is 0.221 e. The topological polar surface area (TPSA) is 29.1 Å². The van der Waals surface area contributed by atoms with Gasteiger partial charge in [0, 0.05) is 6.92 Å². The Morgan fingerprint density at radius 3 is 2.11 bits per heavy atom. The Kier molecular flexibility index (Phi) is 5.02. The first-order chi connectivity index (χ1) is 13.1. The zero-order chi connectivity index (χ0) is 19.0. The monoisotopic (exact) mass is 392 g/mol. The van der Waals surface area contributed by atoms with Crippen molar-refractivity contribution in [2.24, 2.45) is 0 Å². The summed E-state index contributed by atoms with van der Waals surface area (Å²) in [6, 6.07) is 21.7. The highest BCUT2D eigenvalue weighted by atomic mass is 32.2. The van der Waals surface area contributed by atoms with E-state index in [1.165, 1.54) is 35.6 Å². The van der Waals surface area contributed by atoms with E-state index in [-0.39, 0.29) is 16.8 Å². The van der Waals surface area contributed by atoms with Crippen LogP contribution in [0.5, 0.6) is 0 Å². The standard InChI is InChI=1S/C23H21NOS2/c1-4-17-14-18(24-16(3)25)23(13-15(17)2)27-21-11-7-5-9-19(21)26-20-10-6-8-12-22(20)27/h5-14H,4H2,1-3H3/p+1. The largest absolute Gasteiger partial charge is 0.322 e. The van der Waals surface area contributed by atoms with Crippen LogP contribution in [0.4, 0.5) is 5.69 Å². The second kappa shape index (κ2) is 7.45. The van der Waals surface area contributed by atoms with Crippen molar-refractivity contribution >= 4 is 34.3 Å². The number of amides is 1. The van der Waals surface area contributed by atoms with Crippen LogP contribution in [0.2, 0.25) is 0 Å². The van der Waals surface area contributed by atoms with Crippen LogP contribution in [0.3, 0.4) is 0 Å². The van der Waals surface area contributed by atoms with Crippen molar-refractivity contribution in [2.45, 2.75) is 51.7 Å². The maximum atomic E-state index is 11.9. The van der Waals surface area contributed by atoms with E-state index < -0.39 is 0 Å². The van der Waals surface area contributed by atoms with Crippen molar-refractivity contribution in [2.75, 3.05) is 5.32 Å². The molecule has 2 nitrogen and oxygen atoms in total. The van der Waals surface area contributed by atoms with Crippen molar-refractivity contribution in [1.29, 1.82) is 0 Å². The number of fused-ring (bicyclic) bond motifs is 2. The first-order valence-electron chi connectivity index (χ1n) is 9.09. The summed E-state index contributed by atoms with van der Waals surface area (Å²) in [6.07, 6.45) is 0.954. The Morgan fingerprint density at radius 1 is 0.963 bits per heavy atom. The van der Waals surface area contributed by atoms with Gasteiger partial charge in [0.2, 0.25) is 5.91 Å². The van der Waals surface area contributed by atoms with Crippen molar-refractivity contribution in [3.63, 3.8) is 0 Å². The molecule has 27 heavy (non-hydrogen) atoms. The van der Waals surface area contributed by atoms with Gasteiger partial charge in [-0.05, 0) is 60.9 Å². The van der Waals surface area contributed by atoms with E-state index in [1.807, 2.05) is 11.8 Å². The van der Waals surface area contributed by atoms with Crippen molar-refractivity contribution in [3.8, 4) is 0 Å². The molecule has 0 aliphatic carbocycles. The predicted octanol–water partition coefficient (Wildman–Crippen LogP) is 6.08. The highest BCUT2D eigenvalue weighted by Crippen LogP contribution is 2.49. The van der Waals surface area contributed by atoms with Gasteiger partial charge in [0.15, 0.2) is 14.7 Å². The van der Waals surface area contributed by atoms with Crippen LogP contribution < -0.4 is 5.32 Å². The van der Waals surface area contributed by atoms with E-state index in [2.05, 4.69) is 79.8 Å². The molecular formula is C23H22NOS2+. The summed E-state index contributed by atoms with van der Waals surface area (Å²) in [4.78, 5) is 18.4. The lowest BCUT2D eigenvalue weighted by atomic mass is 10.1. The molecule has 4 heteroatoms. The second-order valence-corrected chi connectivity index (χ2v) is 9.63. The SMILES string of the molecule is CCc1cc(NC(C)=O)c([S+]2c3ccccc3Sc3ccccc32)cc1C. The summed E-state index contributed by atoms with van der Waals surface area (Å²) in [7, 11) is -0.242. The molecule has 0 aromatic heterocycles. The zero-order valence-corrected chi connectivity index (χ0v) is 17.3. The minimum atomic E-state index is -0.242. The minimum absolute atomic E-state index is 0.0290. The summed E-state index contributed by atoms with van der Waals surface area (Å²) < 4.78 is 0. The van der Waals surface area contributed by atoms with E-state index in [9.17, 15) is 4.79 Å². The number of aryl methyl sites for hydroxylation is 2. The fourth-order valence-electron chi connectivity index (χ4n) is 3.44. The molecule has 0 fully saturated rings. The van der Waals surface area contributed by atoms with Crippen LogP contribution >= 0.6 is 11.8 Å². The molecule has 1 aliphatic rings. The van der Waals surface area contributed by atoms with Gasteiger partial charge in [-0.15, -0.1) is 0 Å². The van der Waals surface area contributed by atoms with Crippen molar-refractivity contribution in [3.05, 3.63) is 71.8 Å². The zero-order valence-electron chi connectivity index (χ0n) is 15.7. The molecule has 1 aliphatic heterocycles. The average molecular weight is 393 g/mol. The summed E-state index contributed by atoms with van der Waals surface area (Å²) in [5, 5.41) is 3.10. The number of hydrogen-bond acceptors (Lipinski definition) is 2. The number of benzene rings is 3. The van der Waals surface area contributed by atoms with E-state index in [1.54, 1.807) is 6.92 Å². The van der Waals surface area contributed by atoms with Crippen LogP contribution in [0.1, 0.15) is 25.0 Å². The van der Waals surface area contributed by atoms with E-state index in [0.29, 0.717) is 0 Å². The maximum Gasteiger partial charge on any atom is 0.221 e. The molecule has 0 radical (unpaired) electrons. The Bertz CT molecular complexity index is 983. The van der Waals surface area contributed by atoms with Crippen molar-refractivity contribution < 1.29 is 4.79 Å². The molecule has 0 unspecified atom stereocenters. The van der Waals surface area contributed by atoms with Gasteiger partial charge >= 0.3 is 0 Å². The van der Waals surface area contributed by atoms with E-state index in [0.717, 1.165) is 12.1 Å². The maximum absolute atomic E-state index is 11.9. The van der Waals surface area contributed by atoms with Gasteiger partial charge < -0.3 is 5.32 Å². The Labute approximate surface area is 167 Å². The highest BCUT2D eigenvalue weighted by Gasteiger charge is 2.39. The second-order valence-electron chi connectivity index (χ2n) is 6.61. The number of hydrogen-bond donors (Lipinski definition) is 1. The summed E-state index contributed by atoms with van der Waals surface area (Å²) in [6.45, 7) is 5.90. The lowest BCUT2D eigenvalue weighted by Gasteiger charge is -2.21.